The molecular formula is C21H25N5O. The third kappa shape index (κ3) is 4.67. The van der Waals surface area contributed by atoms with Gasteiger partial charge in [-0.25, -0.2) is 9.48 Å². The molecule has 6 nitrogen and oxygen atoms in total. The summed E-state index contributed by atoms with van der Waals surface area (Å²) < 4.78 is 1.72. The summed E-state index contributed by atoms with van der Waals surface area (Å²) in [6.07, 6.45) is 0. The van der Waals surface area contributed by atoms with Gasteiger partial charge in [0.05, 0.1) is 6.54 Å². The monoisotopic (exact) mass is 363 g/mol. The number of nitrogen functional groups attached to an aromatic ring is 1. The lowest BCUT2D eigenvalue weighted by molar-refractivity contribution is 0.251. The second-order valence-corrected chi connectivity index (χ2v) is 6.85. The predicted octanol–water partition coefficient (Wildman–Crippen LogP) is 3.96. The third-order valence-corrected chi connectivity index (χ3v) is 4.12. The van der Waals surface area contributed by atoms with Crippen molar-refractivity contribution in [1.29, 1.82) is 0 Å². The van der Waals surface area contributed by atoms with Crippen LogP contribution in [0.3, 0.4) is 0 Å². The van der Waals surface area contributed by atoms with Crippen molar-refractivity contribution < 1.29 is 4.79 Å². The van der Waals surface area contributed by atoms with Gasteiger partial charge in [-0.1, -0.05) is 74.5 Å². The number of aromatic nitrogens is 2. The van der Waals surface area contributed by atoms with Crippen molar-refractivity contribution in [2.75, 3.05) is 17.6 Å². The number of nitrogens with one attached hydrogen (secondary N) is 2. The van der Waals surface area contributed by atoms with Gasteiger partial charge in [0.2, 0.25) is 0 Å². The molecule has 0 aliphatic heterocycles. The maximum Gasteiger partial charge on any atom is 0.319 e. The van der Waals surface area contributed by atoms with Gasteiger partial charge < -0.3 is 16.4 Å². The SMILES string of the molecule is CC(C)CNC(=O)Nc1c(-c2ccccc2)nn(Cc2ccccc2)c1N. The Kier molecular flexibility index (Phi) is 5.76. The van der Waals surface area contributed by atoms with E-state index in [0.717, 1.165) is 11.1 Å². The molecule has 4 N–H and O–H groups in total. The lowest BCUT2D eigenvalue weighted by atomic mass is 10.1. The van der Waals surface area contributed by atoms with Gasteiger partial charge in [-0.15, -0.1) is 0 Å². The quantitative estimate of drug-likeness (QED) is 0.620. The number of nitrogens with two attached hydrogens (primary N) is 1. The number of nitrogens with zero attached hydrogens (tertiary/aromatic N) is 2. The van der Waals surface area contributed by atoms with Gasteiger partial charge in [0.15, 0.2) is 0 Å². The maximum absolute atomic E-state index is 12.3. The number of hydrogen-bond acceptors (Lipinski definition) is 3. The predicted molar refractivity (Wildman–Crippen MR) is 109 cm³/mol. The Morgan fingerprint density at radius 1 is 1.07 bits per heavy atom. The molecule has 0 aliphatic carbocycles. The molecule has 0 saturated heterocycles. The van der Waals surface area contributed by atoms with Gasteiger partial charge in [-0.2, -0.15) is 5.10 Å². The standard InChI is InChI=1S/C21H25N5O/c1-15(2)13-23-21(27)24-19-18(17-11-7-4-8-12-17)25-26(20(19)22)14-16-9-5-3-6-10-16/h3-12,15H,13-14,22H2,1-2H3,(H2,23,24,27). The summed E-state index contributed by atoms with van der Waals surface area (Å²) >= 11 is 0. The molecule has 140 valence electrons. The molecule has 27 heavy (non-hydrogen) atoms. The smallest absolute Gasteiger partial charge is 0.319 e. The van der Waals surface area contributed by atoms with Crippen molar-refractivity contribution in [3.8, 4) is 11.3 Å². The molecule has 0 atom stereocenters. The summed E-state index contributed by atoms with van der Waals surface area (Å²) in [5.74, 6) is 0.792. The fraction of sp³-hybridized carbons (Fsp3) is 0.238. The van der Waals surface area contributed by atoms with E-state index >= 15 is 0 Å². The first kappa shape index (κ1) is 18.5. The summed E-state index contributed by atoms with van der Waals surface area (Å²) in [5.41, 5.74) is 9.52. The molecule has 0 radical (unpaired) electrons. The Bertz CT molecular complexity index is 888. The van der Waals surface area contributed by atoms with Crippen molar-refractivity contribution in [3.63, 3.8) is 0 Å². The maximum atomic E-state index is 12.3. The lowest BCUT2D eigenvalue weighted by Crippen LogP contribution is -2.32. The first-order valence-corrected chi connectivity index (χ1v) is 9.05. The first-order valence-electron chi connectivity index (χ1n) is 9.05. The Labute approximate surface area is 159 Å². The molecule has 0 spiro atoms. The zero-order chi connectivity index (χ0) is 19.2. The fourth-order valence-electron chi connectivity index (χ4n) is 2.73. The fourth-order valence-corrected chi connectivity index (χ4v) is 2.73. The van der Waals surface area contributed by atoms with Crippen molar-refractivity contribution in [2.24, 2.45) is 5.92 Å². The van der Waals surface area contributed by atoms with Crippen LogP contribution >= 0.6 is 0 Å². The molecular weight excluding hydrogens is 338 g/mol. The van der Waals surface area contributed by atoms with Crippen LogP contribution in [-0.2, 0) is 6.54 Å². The van der Waals surface area contributed by atoms with Crippen LogP contribution in [0.2, 0.25) is 0 Å². The van der Waals surface area contributed by atoms with Gasteiger partial charge >= 0.3 is 6.03 Å². The average Bonchev–Trinajstić information content (AvgIpc) is 2.97. The Hall–Kier alpha value is -3.28. The second kappa shape index (κ2) is 8.40. The average molecular weight is 363 g/mol. The van der Waals surface area contributed by atoms with Crippen LogP contribution in [0.4, 0.5) is 16.3 Å². The molecule has 2 aromatic carbocycles. The summed E-state index contributed by atoms with van der Waals surface area (Å²) in [6.45, 7) is 5.20. The van der Waals surface area contributed by atoms with E-state index < -0.39 is 0 Å². The summed E-state index contributed by atoms with van der Waals surface area (Å²) in [7, 11) is 0. The van der Waals surface area contributed by atoms with E-state index in [1.807, 2.05) is 74.5 Å². The van der Waals surface area contributed by atoms with Crippen molar-refractivity contribution in [2.45, 2.75) is 20.4 Å². The number of carbonyl (C=O) groups is 1. The van der Waals surface area contributed by atoms with Gasteiger partial charge in [0, 0.05) is 12.1 Å². The minimum Gasteiger partial charge on any atom is -0.382 e. The Balaban J connectivity index is 1.93. The highest BCUT2D eigenvalue weighted by Crippen LogP contribution is 2.32. The molecule has 2 amide bonds. The molecule has 0 bridgehead atoms. The van der Waals surface area contributed by atoms with Crippen LogP contribution in [-0.4, -0.2) is 22.4 Å². The first-order chi connectivity index (χ1) is 13.0. The summed E-state index contributed by atoms with van der Waals surface area (Å²) in [5, 5.41) is 10.4. The number of amides is 2. The zero-order valence-corrected chi connectivity index (χ0v) is 15.6. The van der Waals surface area contributed by atoms with E-state index in [1.54, 1.807) is 4.68 Å². The summed E-state index contributed by atoms with van der Waals surface area (Å²) in [6, 6.07) is 19.4. The number of urea groups is 1. The summed E-state index contributed by atoms with van der Waals surface area (Å²) in [4.78, 5) is 12.3. The minimum atomic E-state index is -0.285. The van der Waals surface area contributed by atoms with E-state index in [2.05, 4.69) is 15.7 Å². The molecule has 3 aromatic rings. The van der Waals surface area contributed by atoms with Gasteiger partial charge in [0.25, 0.3) is 0 Å². The highest BCUT2D eigenvalue weighted by atomic mass is 16.2. The number of anilines is 2. The zero-order valence-electron chi connectivity index (χ0n) is 15.6. The molecule has 0 aliphatic rings. The van der Waals surface area contributed by atoms with Crippen molar-refractivity contribution in [3.05, 3.63) is 66.2 Å². The van der Waals surface area contributed by atoms with Crippen molar-refractivity contribution >= 4 is 17.5 Å². The lowest BCUT2D eigenvalue weighted by Gasteiger charge is -2.10. The number of carbonyl (C=O) groups excluding carboxylic acids is 1. The van der Waals surface area contributed by atoms with Gasteiger partial charge in [-0.05, 0) is 11.5 Å². The van der Waals surface area contributed by atoms with Crippen LogP contribution in [0, 0.1) is 5.92 Å². The van der Waals surface area contributed by atoms with Gasteiger partial charge in [-0.3, -0.25) is 0 Å². The van der Waals surface area contributed by atoms with E-state index in [0.29, 0.717) is 36.2 Å². The van der Waals surface area contributed by atoms with E-state index in [9.17, 15) is 4.79 Å². The van der Waals surface area contributed by atoms with Crippen LogP contribution < -0.4 is 16.4 Å². The van der Waals surface area contributed by atoms with Crippen LogP contribution in [0.15, 0.2) is 60.7 Å². The highest BCUT2D eigenvalue weighted by molar-refractivity contribution is 5.97. The van der Waals surface area contributed by atoms with Gasteiger partial charge in [0.1, 0.15) is 17.2 Å². The molecule has 1 heterocycles. The van der Waals surface area contributed by atoms with E-state index in [-0.39, 0.29) is 6.03 Å². The van der Waals surface area contributed by atoms with Crippen LogP contribution in [0.1, 0.15) is 19.4 Å². The number of benzene rings is 2. The van der Waals surface area contributed by atoms with Crippen LogP contribution in [0.5, 0.6) is 0 Å². The molecule has 0 unspecified atom stereocenters. The number of rotatable bonds is 6. The third-order valence-electron chi connectivity index (χ3n) is 4.12. The Morgan fingerprint density at radius 2 is 1.70 bits per heavy atom. The Morgan fingerprint density at radius 3 is 2.33 bits per heavy atom. The normalized spacial score (nSPS) is 10.8. The van der Waals surface area contributed by atoms with E-state index in [4.69, 9.17) is 5.73 Å². The topological polar surface area (TPSA) is 85.0 Å². The molecule has 0 saturated carbocycles. The largest absolute Gasteiger partial charge is 0.382 e. The minimum absolute atomic E-state index is 0.285. The van der Waals surface area contributed by atoms with Crippen LogP contribution in [0.25, 0.3) is 11.3 Å². The molecule has 6 heteroatoms. The second-order valence-electron chi connectivity index (χ2n) is 6.85. The van der Waals surface area contributed by atoms with E-state index in [1.165, 1.54) is 0 Å². The molecule has 3 rings (SSSR count). The molecule has 1 aromatic heterocycles. The molecule has 0 fully saturated rings. The number of hydrogen-bond donors (Lipinski definition) is 3. The van der Waals surface area contributed by atoms with Crippen molar-refractivity contribution in [1.82, 2.24) is 15.1 Å². The highest BCUT2D eigenvalue weighted by Gasteiger charge is 2.19.